The van der Waals surface area contributed by atoms with Crippen LogP contribution in [0.25, 0.3) is 5.82 Å². The molecule has 0 aliphatic carbocycles. The summed E-state index contributed by atoms with van der Waals surface area (Å²) < 4.78 is 29.1. The van der Waals surface area contributed by atoms with E-state index in [-0.39, 0.29) is 4.90 Å². The molecule has 3 aromatic heterocycles. The van der Waals surface area contributed by atoms with Crippen molar-refractivity contribution in [2.75, 3.05) is 4.72 Å². The molecule has 9 heteroatoms. The predicted molar refractivity (Wildman–Crippen MR) is 88.5 cm³/mol. The number of aryl methyl sites for hydroxylation is 3. The molecule has 0 bridgehead atoms. The van der Waals surface area contributed by atoms with Gasteiger partial charge < -0.3 is 0 Å². The van der Waals surface area contributed by atoms with Crippen molar-refractivity contribution in [3.63, 3.8) is 0 Å². The number of hydrogen-bond acceptors (Lipinski definition) is 6. The molecule has 0 aliphatic rings. The number of anilines is 1. The molecule has 3 aromatic rings. The van der Waals surface area contributed by atoms with Crippen molar-refractivity contribution in [2.45, 2.75) is 25.7 Å². The molecule has 3 rings (SSSR count). The van der Waals surface area contributed by atoms with Gasteiger partial charge in [-0.25, -0.2) is 8.42 Å². The maximum Gasteiger partial charge on any atom is 0.264 e. The van der Waals surface area contributed by atoms with Crippen LogP contribution >= 0.6 is 11.3 Å². The summed E-state index contributed by atoms with van der Waals surface area (Å²) in [5.41, 5.74) is 0.771. The summed E-state index contributed by atoms with van der Waals surface area (Å²) in [5.74, 6) is 0.753. The van der Waals surface area contributed by atoms with Crippen LogP contribution < -0.4 is 4.72 Å². The number of nitrogens with one attached hydrogen (secondary N) is 1. The highest BCUT2D eigenvalue weighted by Gasteiger charge is 2.21. The molecule has 0 unspecified atom stereocenters. The zero-order valence-electron chi connectivity index (χ0n) is 12.8. The molecule has 0 spiro atoms. The molecule has 3 heterocycles. The lowest BCUT2D eigenvalue weighted by molar-refractivity contribution is 0.600. The highest BCUT2D eigenvalue weighted by molar-refractivity contribution is 7.93. The zero-order chi connectivity index (χ0) is 16.6. The van der Waals surface area contributed by atoms with Gasteiger partial charge in [-0.15, -0.1) is 16.4 Å². The second kappa shape index (κ2) is 5.74. The summed E-state index contributed by atoms with van der Waals surface area (Å²) in [6.45, 7) is 5.49. The number of sulfonamides is 1. The molecule has 0 aromatic carbocycles. The summed E-state index contributed by atoms with van der Waals surface area (Å²) in [6.07, 6.45) is 1.51. The van der Waals surface area contributed by atoms with Gasteiger partial charge in [0.1, 0.15) is 10.7 Å². The van der Waals surface area contributed by atoms with Crippen molar-refractivity contribution in [2.24, 2.45) is 0 Å². The lowest BCUT2D eigenvalue weighted by Crippen LogP contribution is -2.16. The van der Waals surface area contributed by atoms with Crippen LogP contribution in [0.1, 0.15) is 15.4 Å². The van der Waals surface area contributed by atoms with Crippen LogP contribution in [0.4, 0.5) is 5.82 Å². The Morgan fingerprint density at radius 2 is 1.91 bits per heavy atom. The van der Waals surface area contributed by atoms with E-state index < -0.39 is 10.0 Å². The molecule has 0 aliphatic heterocycles. The third-order valence-corrected chi connectivity index (χ3v) is 5.74. The van der Waals surface area contributed by atoms with Crippen molar-refractivity contribution in [1.29, 1.82) is 0 Å². The lowest BCUT2D eigenvalue weighted by atomic mass is 10.4. The number of hydrogen-bond donors (Lipinski definition) is 1. The van der Waals surface area contributed by atoms with E-state index in [1.165, 1.54) is 22.2 Å². The van der Waals surface area contributed by atoms with Crippen molar-refractivity contribution in [3.05, 3.63) is 45.9 Å². The number of aromatic nitrogens is 4. The average molecular weight is 349 g/mol. The zero-order valence-corrected chi connectivity index (χ0v) is 14.4. The van der Waals surface area contributed by atoms with Crippen LogP contribution in [0.5, 0.6) is 0 Å². The number of nitrogens with zero attached hydrogens (tertiary/aromatic N) is 4. The molecule has 0 atom stereocenters. The molecule has 0 saturated heterocycles. The van der Waals surface area contributed by atoms with Crippen molar-refractivity contribution in [1.82, 2.24) is 20.0 Å². The summed E-state index contributed by atoms with van der Waals surface area (Å²) in [5, 5.41) is 12.1. The SMILES string of the molecule is Cc1ccc(-n2nccc2NS(=O)(=O)c2cc(C)sc2C)nn1. The van der Waals surface area contributed by atoms with Gasteiger partial charge in [-0.1, -0.05) is 0 Å². The van der Waals surface area contributed by atoms with Crippen LogP contribution in [-0.4, -0.2) is 28.4 Å². The number of rotatable bonds is 4. The highest BCUT2D eigenvalue weighted by atomic mass is 32.2. The maximum atomic E-state index is 12.6. The Morgan fingerprint density at radius 1 is 1.13 bits per heavy atom. The quantitative estimate of drug-likeness (QED) is 0.781. The summed E-state index contributed by atoms with van der Waals surface area (Å²) in [7, 11) is -3.68. The van der Waals surface area contributed by atoms with E-state index in [0.717, 1.165) is 15.4 Å². The third kappa shape index (κ3) is 3.10. The van der Waals surface area contributed by atoms with E-state index in [2.05, 4.69) is 20.0 Å². The molecule has 0 radical (unpaired) electrons. The molecule has 0 fully saturated rings. The van der Waals surface area contributed by atoms with Gasteiger partial charge in [0.2, 0.25) is 0 Å². The average Bonchev–Trinajstić information content (AvgIpc) is 3.06. The Hall–Kier alpha value is -2.26. The minimum atomic E-state index is -3.68. The first-order valence-electron chi connectivity index (χ1n) is 6.81. The van der Waals surface area contributed by atoms with Gasteiger partial charge in [-0.05, 0) is 39.0 Å². The fourth-order valence-electron chi connectivity index (χ4n) is 2.14. The largest absolute Gasteiger partial charge is 0.264 e. The van der Waals surface area contributed by atoms with Crippen molar-refractivity contribution >= 4 is 27.2 Å². The van der Waals surface area contributed by atoms with Crippen LogP contribution in [0.3, 0.4) is 0 Å². The first-order valence-corrected chi connectivity index (χ1v) is 9.11. The predicted octanol–water partition coefficient (Wildman–Crippen LogP) is 2.45. The molecule has 120 valence electrons. The van der Waals surface area contributed by atoms with Gasteiger partial charge in [-0.2, -0.15) is 14.9 Å². The summed E-state index contributed by atoms with van der Waals surface area (Å²) in [4.78, 5) is 1.97. The van der Waals surface area contributed by atoms with E-state index in [1.54, 1.807) is 31.2 Å². The van der Waals surface area contributed by atoms with Crippen LogP contribution in [-0.2, 0) is 10.0 Å². The second-order valence-corrected chi connectivity index (χ2v) is 8.16. The van der Waals surface area contributed by atoms with E-state index in [1.807, 2.05) is 13.8 Å². The summed E-state index contributed by atoms with van der Waals surface area (Å²) in [6, 6.07) is 6.75. The monoisotopic (exact) mass is 349 g/mol. The fraction of sp³-hybridized carbons (Fsp3) is 0.214. The maximum absolute atomic E-state index is 12.6. The van der Waals surface area contributed by atoms with Gasteiger partial charge in [0.25, 0.3) is 10.0 Å². The van der Waals surface area contributed by atoms with Crippen LogP contribution in [0.2, 0.25) is 0 Å². The van der Waals surface area contributed by atoms with Crippen LogP contribution in [0.15, 0.2) is 35.4 Å². The van der Waals surface area contributed by atoms with Gasteiger partial charge in [0.15, 0.2) is 5.82 Å². The highest BCUT2D eigenvalue weighted by Crippen LogP contribution is 2.27. The van der Waals surface area contributed by atoms with E-state index in [9.17, 15) is 8.42 Å². The standard InChI is InChI=1S/C14H15N5O2S2/c1-9-4-5-13(17-16-9)19-14(6-7-15-19)18-23(20,21)12-8-10(2)22-11(12)3/h4-8,18H,1-3H3. The topological polar surface area (TPSA) is 89.8 Å². The first kappa shape index (κ1) is 15.6. The van der Waals surface area contributed by atoms with Gasteiger partial charge in [0, 0.05) is 15.8 Å². The Morgan fingerprint density at radius 3 is 2.52 bits per heavy atom. The van der Waals surface area contributed by atoms with Crippen LogP contribution in [0, 0.1) is 20.8 Å². The van der Waals surface area contributed by atoms with E-state index in [4.69, 9.17) is 0 Å². The number of thiophene rings is 1. The minimum Gasteiger partial charge on any atom is -0.263 e. The fourth-order valence-corrected chi connectivity index (χ4v) is 4.73. The molecule has 23 heavy (non-hydrogen) atoms. The molecule has 0 amide bonds. The Balaban J connectivity index is 1.97. The van der Waals surface area contributed by atoms with Gasteiger partial charge in [0.05, 0.1) is 11.9 Å². The van der Waals surface area contributed by atoms with Crippen molar-refractivity contribution in [3.8, 4) is 5.82 Å². The Kier molecular flexibility index (Phi) is 3.90. The lowest BCUT2D eigenvalue weighted by Gasteiger charge is -2.09. The molecular formula is C14H15N5O2S2. The Bertz CT molecular complexity index is 942. The first-order chi connectivity index (χ1) is 10.9. The summed E-state index contributed by atoms with van der Waals surface area (Å²) >= 11 is 1.45. The molecule has 1 N–H and O–H groups in total. The van der Waals surface area contributed by atoms with Gasteiger partial charge >= 0.3 is 0 Å². The molecule has 0 saturated carbocycles. The normalized spacial score (nSPS) is 11.6. The van der Waals surface area contributed by atoms with E-state index in [0.29, 0.717) is 11.6 Å². The Labute approximate surface area is 138 Å². The van der Waals surface area contributed by atoms with Gasteiger partial charge in [-0.3, -0.25) is 4.72 Å². The minimum absolute atomic E-state index is 0.280. The molecule has 7 nitrogen and oxygen atoms in total. The third-order valence-electron chi connectivity index (χ3n) is 3.17. The molecular weight excluding hydrogens is 334 g/mol. The smallest absolute Gasteiger partial charge is 0.263 e. The van der Waals surface area contributed by atoms with E-state index >= 15 is 0 Å². The van der Waals surface area contributed by atoms with Crippen molar-refractivity contribution < 1.29 is 8.42 Å². The second-order valence-electron chi connectivity index (χ2n) is 5.04.